The third kappa shape index (κ3) is 4.97. The number of hydrogen-bond donors (Lipinski definition) is 1. The molecule has 0 aliphatic rings. The second kappa shape index (κ2) is 7.25. The summed E-state index contributed by atoms with van der Waals surface area (Å²) in [6, 6.07) is 7.44. The van der Waals surface area contributed by atoms with E-state index in [1.807, 2.05) is 12.1 Å². The lowest BCUT2D eigenvalue weighted by Crippen LogP contribution is -2.17. The van der Waals surface area contributed by atoms with Crippen molar-refractivity contribution in [1.29, 1.82) is 0 Å². The van der Waals surface area contributed by atoms with E-state index in [2.05, 4.69) is 39.6 Å². The molecule has 25 heavy (non-hydrogen) atoms. The lowest BCUT2D eigenvalue weighted by atomic mass is 9.87. The molecule has 134 valence electrons. The van der Waals surface area contributed by atoms with Crippen LogP contribution < -0.4 is 11.6 Å². The normalized spacial score (nSPS) is 12.1. The van der Waals surface area contributed by atoms with Gasteiger partial charge in [0.25, 0.3) is 0 Å². The van der Waals surface area contributed by atoms with Crippen LogP contribution in [0.5, 0.6) is 0 Å². The molecule has 8 nitrogen and oxygen atoms in total. The summed E-state index contributed by atoms with van der Waals surface area (Å²) >= 11 is 0. The molecule has 0 amide bonds. The van der Waals surface area contributed by atoms with Crippen molar-refractivity contribution >= 4 is 12.0 Å². The number of amidine groups is 1. The summed E-state index contributed by atoms with van der Waals surface area (Å²) in [5.74, 6) is -0.523. The van der Waals surface area contributed by atoms with Crippen molar-refractivity contribution in [2.45, 2.75) is 39.7 Å². The molecule has 0 aliphatic heterocycles. The van der Waals surface area contributed by atoms with E-state index in [9.17, 15) is 9.59 Å². The van der Waals surface area contributed by atoms with E-state index in [1.165, 1.54) is 6.92 Å². The van der Waals surface area contributed by atoms with Gasteiger partial charge in [0.15, 0.2) is 24.0 Å². The molecule has 0 bridgehead atoms. The lowest BCUT2D eigenvalue weighted by molar-refractivity contribution is 0.0468. The molecule has 2 rings (SSSR count). The lowest BCUT2D eigenvalue weighted by Gasteiger charge is -2.18. The zero-order valence-corrected chi connectivity index (χ0v) is 14.5. The van der Waals surface area contributed by atoms with E-state index in [0.29, 0.717) is 5.56 Å². The Hall–Kier alpha value is -3.03. The van der Waals surface area contributed by atoms with Crippen LogP contribution in [0.4, 0.5) is 4.79 Å². The van der Waals surface area contributed by atoms with Gasteiger partial charge in [0.1, 0.15) is 0 Å². The van der Waals surface area contributed by atoms with Crippen LogP contribution in [0, 0.1) is 6.92 Å². The van der Waals surface area contributed by atoms with Gasteiger partial charge in [0.2, 0.25) is 0 Å². The van der Waals surface area contributed by atoms with Crippen LogP contribution in [0.15, 0.2) is 43.1 Å². The Morgan fingerprint density at radius 2 is 1.84 bits per heavy atom. The number of nitrogens with zero attached hydrogens (tertiary/aromatic N) is 1. The van der Waals surface area contributed by atoms with Crippen LogP contribution >= 0.6 is 0 Å². The fourth-order valence-corrected chi connectivity index (χ4v) is 1.94. The molecule has 0 saturated heterocycles. The van der Waals surface area contributed by atoms with Gasteiger partial charge in [-0.2, -0.15) is 0 Å². The summed E-state index contributed by atoms with van der Waals surface area (Å²) < 4.78 is 14.1. The number of ether oxygens (including phenoxy) is 1. The summed E-state index contributed by atoms with van der Waals surface area (Å²) in [5.41, 5.74) is 7.55. The number of carbonyl (C=O) groups excluding carboxylic acids is 1. The fraction of sp³-hybridized carbons (Fsp3) is 0.353. The SMILES string of the molecule is Cc1oc(=O)oc1COC(=O)O/N=C(/N)c1ccc(C(C)(C)C)cc1. The van der Waals surface area contributed by atoms with Gasteiger partial charge in [-0.3, -0.25) is 4.84 Å². The zero-order valence-electron chi connectivity index (χ0n) is 14.5. The fourth-order valence-electron chi connectivity index (χ4n) is 1.94. The number of oxime groups is 1. The van der Waals surface area contributed by atoms with Crippen molar-refractivity contribution in [3.63, 3.8) is 0 Å². The highest BCUT2D eigenvalue weighted by Gasteiger charge is 2.14. The first-order chi connectivity index (χ1) is 11.7. The molecule has 1 aromatic carbocycles. The van der Waals surface area contributed by atoms with E-state index in [0.717, 1.165) is 5.56 Å². The zero-order chi connectivity index (χ0) is 18.6. The standard InChI is InChI=1S/C17H20N2O6/c1-10-13(24-16(21)23-10)9-22-15(20)25-19-14(18)11-5-7-12(8-6-11)17(2,3)4/h5-8H,9H2,1-4H3,(H2,18,19). The number of rotatable bonds is 4. The van der Waals surface area contributed by atoms with E-state index in [1.54, 1.807) is 12.1 Å². The Labute approximate surface area is 144 Å². The van der Waals surface area contributed by atoms with E-state index < -0.39 is 12.0 Å². The van der Waals surface area contributed by atoms with Crippen LogP contribution in [0.1, 0.15) is 43.4 Å². The van der Waals surface area contributed by atoms with E-state index in [-0.39, 0.29) is 29.4 Å². The van der Waals surface area contributed by atoms with Crippen LogP contribution in [0.2, 0.25) is 0 Å². The second-order valence-corrected chi connectivity index (χ2v) is 6.37. The Balaban J connectivity index is 1.92. The Kier molecular flexibility index (Phi) is 5.31. The monoisotopic (exact) mass is 348 g/mol. The van der Waals surface area contributed by atoms with Crippen molar-refractivity contribution in [1.82, 2.24) is 0 Å². The molecule has 0 atom stereocenters. The van der Waals surface area contributed by atoms with Crippen molar-refractivity contribution < 1.29 is 23.2 Å². The molecular weight excluding hydrogens is 328 g/mol. The van der Waals surface area contributed by atoms with Gasteiger partial charge in [0.05, 0.1) is 0 Å². The molecule has 1 aromatic heterocycles. The van der Waals surface area contributed by atoms with Gasteiger partial charge < -0.3 is 19.3 Å². The minimum Gasteiger partial charge on any atom is -0.424 e. The minimum absolute atomic E-state index is 0.0188. The summed E-state index contributed by atoms with van der Waals surface area (Å²) in [5, 5.41) is 3.53. The first-order valence-corrected chi connectivity index (χ1v) is 7.54. The van der Waals surface area contributed by atoms with Crippen LogP contribution in [0.25, 0.3) is 0 Å². The summed E-state index contributed by atoms with van der Waals surface area (Å²) in [6.45, 7) is 7.49. The van der Waals surface area contributed by atoms with Gasteiger partial charge in [-0.1, -0.05) is 50.2 Å². The third-order valence-corrected chi connectivity index (χ3v) is 3.42. The Morgan fingerprint density at radius 1 is 1.20 bits per heavy atom. The van der Waals surface area contributed by atoms with Crippen molar-refractivity contribution in [3.05, 3.63) is 57.5 Å². The molecule has 0 saturated carbocycles. The number of carbonyl (C=O) groups is 1. The van der Waals surface area contributed by atoms with E-state index in [4.69, 9.17) is 10.5 Å². The van der Waals surface area contributed by atoms with Crippen LogP contribution in [0.3, 0.4) is 0 Å². The average Bonchev–Trinajstić information content (AvgIpc) is 2.87. The van der Waals surface area contributed by atoms with E-state index >= 15 is 0 Å². The first kappa shape index (κ1) is 18.3. The maximum Gasteiger partial charge on any atom is 0.535 e. The molecule has 0 aliphatic carbocycles. The number of aryl methyl sites for hydroxylation is 1. The Morgan fingerprint density at radius 3 is 2.36 bits per heavy atom. The van der Waals surface area contributed by atoms with Gasteiger partial charge in [-0.05, 0) is 17.9 Å². The third-order valence-electron chi connectivity index (χ3n) is 3.42. The molecule has 1 heterocycles. The number of nitrogens with two attached hydrogens (primary N) is 1. The van der Waals surface area contributed by atoms with Crippen molar-refractivity contribution in [3.8, 4) is 0 Å². The average molecular weight is 348 g/mol. The quantitative estimate of drug-likeness (QED) is 0.297. The van der Waals surface area contributed by atoms with Crippen LogP contribution in [-0.4, -0.2) is 12.0 Å². The molecule has 8 heteroatoms. The predicted molar refractivity (Wildman–Crippen MR) is 89.1 cm³/mol. The highest BCUT2D eigenvalue weighted by molar-refractivity contribution is 5.97. The minimum atomic E-state index is -1.09. The molecular formula is C17H20N2O6. The number of benzene rings is 1. The number of hydrogen-bond acceptors (Lipinski definition) is 7. The summed E-state index contributed by atoms with van der Waals surface area (Å²) in [7, 11) is 0. The molecule has 0 fully saturated rings. The second-order valence-electron chi connectivity index (χ2n) is 6.37. The topological polar surface area (TPSA) is 117 Å². The molecule has 2 aromatic rings. The highest BCUT2D eigenvalue weighted by Crippen LogP contribution is 2.22. The molecule has 0 unspecified atom stereocenters. The first-order valence-electron chi connectivity index (χ1n) is 7.54. The predicted octanol–water partition coefficient (Wildman–Crippen LogP) is 2.81. The van der Waals surface area contributed by atoms with Crippen LogP contribution in [-0.2, 0) is 21.6 Å². The largest absolute Gasteiger partial charge is 0.535 e. The summed E-state index contributed by atoms with van der Waals surface area (Å²) in [4.78, 5) is 26.9. The smallest absolute Gasteiger partial charge is 0.424 e. The Bertz CT molecular complexity index is 824. The maximum absolute atomic E-state index is 11.5. The molecule has 0 radical (unpaired) electrons. The molecule has 0 spiro atoms. The van der Waals surface area contributed by atoms with Gasteiger partial charge in [0, 0.05) is 5.56 Å². The van der Waals surface area contributed by atoms with Gasteiger partial charge in [-0.25, -0.2) is 9.59 Å². The van der Waals surface area contributed by atoms with Crippen molar-refractivity contribution in [2.24, 2.45) is 10.9 Å². The van der Waals surface area contributed by atoms with Gasteiger partial charge in [-0.15, -0.1) is 0 Å². The maximum atomic E-state index is 11.5. The highest BCUT2D eigenvalue weighted by atomic mass is 16.8. The van der Waals surface area contributed by atoms with Crippen molar-refractivity contribution in [2.75, 3.05) is 0 Å². The molecule has 2 N–H and O–H groups in total. The van der Waals surface area contributed by atoms with Gasteiger partial charge >= 0.3 is 12.0 Å². The summed E-state index contributed by atoms with van der Waals surface area (Å²) in [6.07, 6.45) is -1.09.